The lowest BCUT2D eigenvalue weighted by atomic mass is 9.81. The Morgan fingerprint density at radius 2 is 1.85 bits per heavy atom. The first-order chi connectivity index (χ1) is 16.1. The monoisotopic (exact) mass is 482 g/mol. The summed E-state index contributed by atoms with van der Waals surface area (Å²) in [5.41, 5.74) is -1.23. The first-order valence-corrected chi connectivity index (χ1v) is 10.8. The number of nitrogens with one attached hydrogen (secondary N) is 2. The van der Waals surface area contributed by atoms with Gasteiger partial charge in [-0.2, -0.15) is 0 Å². The molecule has 0 aliphatic heterocycles. The topological polar surface area (TPSA) is 79.8 Å². The molecule has 2 aromatic carbocycles. The molecule has 0 saturated carbocycles. The zero-order valence-electron chi connectivity index (χ0n) is 17.9. The fourth-order valence-corrected chi connectivity index (χ4v) is 4.24. The van der Waals surface area contributed by atoms with Gasteiger partial charge in [0.05, 0.1) is 16.7 Å². The van der Waals surface area contributed by atoms with Crippen molar-refractivity contribution in [2.45, 2.75) is 12.3 Å². The molecule has 0 radical (unpaired) electrons. The van der Waals surface area contributed by atoms with Crippen LogP contribution in [0.2, 0.25) is 0 Å². The van der Waals surface area contributed by atoms with Crippen LogP contribution in [0, 0.1) is 29.8 Å². The zero-order valence-corrected chi connectivity index (χ0v) is 18.8. The number of carbonyl (C=O) groups excluding carboxylic acids is 1. The van der Waals surface area contributed by atoms with Gasteiger partial charge in [0.1, 0.15) is 23.0 Å². The van der Waals surface area contributed by atoms with Crippen LogP contribution in [0.5, 0.6) is 0 Å². The van der Waals surface area contributed by atoms with Crippen LogP contribution in [0.1, 0.15) is 28.5 Å². The van der Waals surface area contributed by atoms with E-state index in [0.717, 1.165) is 28.2 Å². The quantitative estimate of drug-likeness (QED) is 0.413. The first kappa shape index (κ1) is 23.1. The summed E-state index contributed by atoms with van der Waals surface area (Å²) in [7, 11) is 1.46. The van der Waals surface area contributed by atoms with E-state index in [4.69, 9.17) is 6.42 Å². The van der Waals surface area contributed by atoms with Gasteiger partial charge in [-0.1, -0.05) is 18.1 Å². The molecule has 0 saturated heterocycles. The normalized spacial score (nSPS) is 12.7. The van der Waals surface area contributed by atoms with E-state index in [2.05, 4.69) is 21.3 Å². The number of anilines is 1. The van der Waals surface area contributed by atoms with Crippen molar-refractivity contribution in [2.24, 2.45) is 7.05 Å². The minimum atomic E-state index is -1.13. The molecule has 1 unspecified atom stereocenters. The van der Waals surface area contributed by atoms with Gasteiger partial charge in [-0.05, 0) is 42.3 Å². The maximum absolute atomic E-state index is 14.7. The Balaban J connectivity index is 1.61. The van der Waals surface area contributed by atoms with Gasteiger partial charge in [0.15, 0.2) is 5.13 Å². The number of amides is 1. The molecule has 6 nitrogen and oxygen atoms in total. The molecular formula is C24H17F3N4O2S. The summed E-state index contributed by atoms with van der Waals surface area (Å²) in [6.45, 7) is 1.71. The number of hydrogen-bond acceptors (Lipinski definition) is 4. The van der Waals surface area contributed by atoms with Gasteiger partial charge in [0.2, 0.25) is 0 Å². The van der Waals surface area contributed by atoms with Crippen LogP contribution in [-0.2, 0) is 12.5 Å². The van der Waals surface area contributed by atoms with E-state index < -0.39 is 39.9 Å². The summed E-state index contributed by atoms with van der Waals surface area (Å²) in [5.74, 6) is -1.09. The molecule has 4 aromatic rings. The number of thiazole rings is 1. The van der Waals surface area contributed by atoms with Gasteiger partial charge < -0.3 is 5.10 Å². The van der Waals surface area contributed by atoms with Crippen molar-refractivity contribution in [1.29, 1.82) is 0 Å². The smallest absolute Gasteiger partial charge is 0.274 e. The van der Waals surface area contributed by atoms with Gasteiger partial charge in [0, 0.05) is 18.6 Å². The highest BCUT2D eigenvalue weighted by Crippen LogP contribution is 2.34. The van der Waals surface area contributed by atoms with E-state index in [-0.39, 0.29) is 16.3 Å². The highest BCUT2D eigenvalue weighted by atomic mass is 32.1. The number of rotatable bonds is 5. The molecule has 0 aliphatic rings. The lowest BCUT2D eigenvalue weighted by Crippen LogP contribution is -2.22. The van der Waals surface area contributed by atoms with E-state index in [1.165, 1.54) is 37.5 Å². The number of nitrogens with zero attached hydrogens (tertiary/aromatic N) is 2. The molecule has 2 aromatic heterocycles. The third kappa shape index (κ3) is 4.02. The van der Waals surface area contributed by atoms with Crippen molar-refractivity contribution in [2.75, 3.05) is 5.32 Å². The highest BCUT2D eigenvalue weighted by Gasteiger charge is 2.30. The Bertz CT molecular complexity index is 1470. The average Bonchev–Trinajstić information content (AvgIpc) is 3.40. The summed E-state index contributed by atoms with van der Waals surface area (Å²) in [5, 5.41) is 6.68. The first-order valence-electron chi connectivity index (χ1n) is 9.89. The number of carbonyl (C=O) groups is 1. The number of benzene rings is 2. The standard InChI is InChI=1S/C24H17F3N4O2S/c1-4-24(2,14-5-7-15(25)8-6-14)19-12-34-23(29-19)30-21(32)20-17(26)9-13(10-18(20)27)16-11-28-31(3)22(16)33/h1,5-12,28H,2-3H3,(H,29,30,32). The predicted octanol–water partition coefficient (Wildman–Crippen LogP) is 4.45. The summed E-state index contributed by atoms with van der Waals surface area (Å²) in [6.07, 6.45) is 7.05. The van der Waals surface area contributed by atoms with Crippen LogP contribution in [0.15, 0.2) is 52.8 Å². The maximum atomic E-state index is 14.7. The molecule has 0 fully saturated rings. The molecule has 10 heteroatoms. The largest absolute Gasteiger partial charge is 0.303 e. The lowest BCUT2D eigenvalue weighted by Gasteiger charge is -2.22. The Hall–Kier alpha value is -4.10. The number of aromatic amines is 1. The lowest BCUT2D eigenvalue weighted by molar-refractivity contribution is 0.101. The zero-order chi connectivity index (χ0) is 24.6. The molecule has 2 heterocycles. The summed E-state index contributed by atoms with van der Waals surface area (Å²) in [6, 6.07) is 7.46. The van der Waals surface area contributed by atoms with E-state index >= 15 is 0 Å². The van der Waals surface area contributed by atoms with Crippen molar-refractivity contribution in [1.82, 2.24) is 14.8 Å². The molecule has 34 heavy (non-hydrogen) atoms. The molecule has 0 spiro atoms. The van der Waals surface area contributed by atoms with E-state index in [9.17, 15) is 22.8 Å². The number of terminal acetylenes is 1. The summed E-state index contributed by atoms with van der Waals surface area (Å²) in [4.78, 5) is 29.0. The van der Waals surface area contributed by atoms with Crippen molar-refractivity contribution >= 4 is 22.4 Å². The molecular weight excluding hydrogens is 465 g/mol. The van der Waals surface area contributed by atoms with Crippen molar-refractivity contribution in [3.05, 3.63) is 92.6 Å². The minimum Gasteiger partial charge on any atom is -0.303 e. The van der Waals surface area contributed by atoms with Crippen molar-refractivity contribution < 1.29 is 18.0 Å². The summed E-state index contributed by atoms with van der Waals surface area (Å²) < 4.78 is 43.9. The van der Waals surface area contributed by atoms with Gasteiger partial charge in [-0.15, -0.1) is 17.8 Å². The van der Waals surface area contributed by atoms with Crippen LogP contribution in [0.4, 0.5) is 18.3 Å². The van der Waals surface area contributed by atoms with Gasteiger partial charge in [0.25, 0.3) is 11.5 Å². The molecule has 1 amide bonds. The summed E-state index contributed by atoms with van der Waals surface area (Å²) >= 11 is 1.02. The van der Waals surface area contributed by atoms with Crippen molar-refractivity contribution in [3.8, 4) is 23.5 Å². The van der Waals surface area contributed by atoms with Gasteiger partial charge in [-0.3, -0.25) is 19.6 Å². The highest BCUT2D eigenvalue weighted by molar-refractivity contribution is 7.14. The van der Waals surface area contributed by atoms with Crippen LogP contribution in [0.25, 0.3) is 11.1 Å². The van der Waals surface area contributed by atoms with E-state index in [1.54, 1.807) is 12.3 Å². The molecule has 0 bridgehead atoms. The Morgan fingerprint density at radius 1 is 1.21 bits per heavy atom. The third-order valence-electron chi connectivity index (χ3n) is 5.46. The SMILES string of the molecule is C#CC(C)(c1ccc(F)cc1)c1csc(NC(=O)c2c(F)cc(-c3c[nH]n(C)c3=O)cc2F)n1. The Morgan fingerprint density at radius 3 is 2.41 bits per heavy atom. The van der Waals surface area contributed by atoms with Crippen LogP contribution >= 0.6 is 11.3 Å². The van der Waals surface area contributed by atoms with Gasteiger partial charge >= 0.3 is 0 Å². The van der Waals surface area contributed by atoms with Crippen LogP contribution in [0.3, 0.4) is 0 Å². The number of H-pyrrole nitrogens is 1. The molecule has 2 N–H and O–H groups in total. The van der Waals surface area contributed by atoms with E-state index in [1.807, 2.05) is 0 Å². The minimum absolute atomic E-state index is 0.00554. The number of hydrogen-bond donors (Lipinski definition) is 2. The van der Waals surface area contributed by atoms with Crippen molar-refractivity contribution in [3.63, 3.8) is 0 Å². The second-order valence-corrected chi connectivity index (χ2v) is 8.49. The molecule has 4 rings (SSSR count). The van der Waals surface area contributed by atoms with Gasteiger partial charge in [-0.25, -0.2) is 18.2 Å². The number of aryl methyl sites for hydroxylation is 1. The fraction of sp³-hybridized carbons (Fsp3) is 0.125. The maximum Gasteiger partial charge on any atom is 0.274 e. The molecule has 172 valence electrons. The second-order valence-electron chi connectivity index (χ2n) is 7.63. The number of aromatic nitrogens is 3. The Labute approximate surface area is 196 Å². The molecule has 1 atom stereocenters. The molecule has 0 aliphatic carbocycles. The predicted molar refractivity (Wildman–Crippen MR) is 123 cm³/mol. The van der Waals surface area contributed by atoms with Crippen LogP contribution < -0.4 is 10.9 Å². The average molecular weight is 482 g/mol. The number of halogens is 3. The van der Waals surface area contributed by atoms with Crippen LogP contribution in [-0.4, -0.2) is 20.7 Å². The second kappa shape index (κ2) is 8.68. The fourth-order valence-electron chi connectivity index (χ4n) is 3.42. The Kier molecular flexibility index (Phi) is 5.89. The van der Waals surface area contributed by atoms with E-state index in [0.29, 0.717) is 11.3 Å². The third-order valence-corrected chi connectivity index (χ3v) is 6.22.